The van der Waals surface area contributed by atoms with Gasteiger partial charge in [0.1, 0.15) is 10.4 Å². The minimum absolute atomic E-state index is 0.186. The Hall–Kier alpha value is -3.82. The van der Waals surface area contributed by atoms with Crippen LogP contribution >= 0.6 is 0 Å². The van der Waals surface area contributed by atoms with Crippen LogP contribution < -0.4 is 5.43 Å². The Morgan fingerprint density at radius 1 is 1.23 bits per heavy atom. The molecule has 4 aromatic rings. The molecule has 0 spiro atoms. The largest absolute Gasteiger partial charge is 0.433 e. The number of H-pyrrole nitrogens is 1. The summed E-state index contributed by atoms with van der Waals surface area (Å²) in [5, 5.41) is 23.4. The first kappa shape index (κ1) is 17.0. The van der Waals surface area contributed by atoms with Crippen molar-refractivity contribution in [3.8, 4) is 0 Å². The van der Waals surface area contributed by atoms with E-state index in [2.05, 4.69) is 30.7 Å². The van der Waals surface area contributed by atoms with E-state index in [9.17, 15) is 10.1 Å². The van der Waals surface area contributed by atoms with Crippen LogP contribution in [0.15, 0.2) is 45.9 Å². The summed E-state index contributed by atoms with van der Waals surface area (Å²) in [6, 6.07) is 10.4. The molecule has 0 unspecified atom stereocenters. The average molecular weight is 353 g/mol. The number of anilines is 1. The van der Waals surface area contributed by atoms with Gasteiger partial charge in [0.15, 0.2) is 11.4 Å². The highest BCUT2D eigenvalue weighted by Gasteiger charge is 2.10. The molecule has 0 fully saturated rings. The van der Waals surface area contributed by atoms with Crippen molar-refractivity contribution in [2.45, 2.75) is 13.8 Å². The molecule has 0 radical (unpaired) electrons. The zero-order chi connectivity index (χ0) is 18.5. The highest BCUT2D eigenvalue weighted by Crippen LogP contribution is 2.21. The quantitative estimate of drug-likeness (QED) is 0.326. The molecule has 0 bridgehead atoms. The van der Waals surface area contributed by atoms with Gasteiger partial charge < -0.3 is 9.40 Å². The molecule has 0 amide bonds. The van der Waals surface area contributed by atoms with Crippen molar-refractivity contribution >= 4 is 40.1 Å². The molecule has 0 atom stereocenters. The summed E-state index contributed by atoms with van der Waals surface area (Å²) >= 11 is 0. The fourth-order valence-electron chi connectivity index (χ4n) is 2.23. The molecule has 26 heavy (non-hydrogen) atoms. The van der Waals surface area contributed by atoms with E-state index in [1.807, 2.05) is 38.1 Å². The van der Waals surface area contributed by atoms with Crippen LogP contribution in [0.3, 0.4) is 0 Å². The van der Waals surface area contributed by atoms with Crippen molar-refractivity contribution in [2.75, 3.05) is 5.43 Å². The number of benzene rings is 1. The molecular weight excluding hydrogens is 338 g/mol. The highest BCUT2D eigenvalue weighted by molar-refractivity contribution is 6.03. The van der Waals surface area contributed by atoms with Crippen LogP contribution in [0.5, 0.6) is 0 Å². The lowest BCUT2D eigenvalue weighted by atomic mass is 10.2. The number of hydrazone groups is 1. The monoisotopic (exact) mass is 353 g/mol. The first-order valence-corrected chi connectivity index (χ1v) is 7.85. The zero-order valence-electron chi connectivity index (χ0n) is 14.0. The minimum Gasteiger partial charge on any atom is -0.400 e. The predicted octanol–water partition coefficient (Wildman–Crippen LogP) is 3.48. The van der Waals surface area contributed by atoms with Gasteiger partial charge in [0, 0.05) is 10.9 Å². The molecule has 132 valence electrons. The zero-order valence-corrected chi connectivity index (χ0v) is 14.0. The van der Waals surface area contributed by atoms with Crippen LogP contribution in [0.25, 0.3) is 22.1 Å². The number of rotatable bonds is 4. The van der Waals surface area contributed by atoms with Gasteiger partial charge in [-0.25, -0.2) is 5.43 Å². The number of fused-ring (bicyclic) bond motifs is 3. The number of nitrogens with zero attached hydrogens (tertiary/aromatic N) is 5. The van der Waals surface area contributed by atoms with Gasteiger partial charge in [0.25, 0.3) is 5.95 Å². The standard InChI is InChI=1S/C14H9N7O3.C2H6/c22-21(23)11-6-5-8(24-11)7-15-19-14-17-13-12(18-20-14)9-3-1-2-4-10(9)16-13;1-2/h1-7H,(H2,16,17,19,20);1-2H3/b15-7+;. The van der Waals surface area contributed by atoms with Crippen LogP contribution in [0, 0.1) is 10.1 Å². The van der Waals surface area contributed by atoms with E-state index in [-0.39, 0.29) is 17.6 Å². The Kier molecular flexibility index (Phi) is 4.83. The SMILES string of the molecule is CC.O=[N+]([O-])c1ccc(/C=N/Nc2nnc3c(n2)[nH]c2ccccc23)o1. The third-order valence-electron chi connectivity index (χ3n) is 3.27. The van der Waals surface area contributed by atoms with Gasteiger partial charge in [-0.3, -0.25) is 10.1 Å². The summed E-state index contributed by atoms with van der Waals surface area (Å²) in [5.41, 5.74) is 4.77. The van der Waals surface area contributed by atoms with Crippen molar-refractivity contribution in [2.24, 2.45) is 5.10 Å². The number of para-hydroxylation sites is 1. The van der Waals surface area contributed by atoms with E-state index in [4.69, 9.17) is 4.42 Å². The van der Waals surface area contributed by atoms with Crippen LogP contribution in [0.4, 0.5) is 11.8 Å². The van der Waals surface area contributed by atoms with Gasteiger partial charge in [0.05, 0.1) is 12.3 Å². The normalized spacial score (nSPS) is 10.8. The number of hydrogen-bond acceptors (Lipinski definition) is 8. The Labute approximate surface area is 147 Å². The molecule has 1 aromatic carbocycles. The predicted molar refractivity (Wildman–Crippen MR) is 97.1 cm³/mol. The van der Waals surface area contributed by atoms with Gasteiger partial charge in [0.2, 0.25) is 0 Å². The summed E-state index contributed by atoms with van der Waals surface area (Å²) in [4.78, 5) is 17.3. The lowest BCUT2D eigenvalue weighted by Crippen LogP contribution is -1.98. The van der Waals surface area contributed by atoms with Gasteiger partial charge >= 0.3 is 5.88 Å². The van der Waals surface area contributed by atoms with Crippen LogP contribution in [-0.2, 0) is 0 Å². The molecule has 3 aromatic heterocycles. The molecule has 0 saturated carbocycles. The lowest BCUT2D eigenvalue weighted by molar-refractivity contribution is -0.402. The van der Waals surface area contributed by atoms with E-state index in [0.29, 0.717) is 11.2 Å². The topological polar surface area (TPSA) is 135 Å². The van der Waals surface area contributed by atoms with E-state index in [0.717, 1.165) is 10.9 Å². The lowest BCUT2D eigenvalue weighted by Gasteiger charge is -1.96. The third kappa shape index (κ3) is 3.34. The van der Waals surface area contributed by atoms with Gasteiger partial charge in [-0.1, -0.05) is 32.0 Å². The Morgan fingerprint density at radius 2 is 2.04 bits per heavy atom. The molecule has 4 rings (SSSR count). The average Bonchev–Trinajstić information content (AvgIpc) is 3.27. The molecule has 2 N–H and O–H groups in total. The van der Waals surface area contributed by atoms with Crippen LogP contribution in [-0.4, -0.2) is 31.3 Å². The second-order valence-electron chi connectivity index (χ2n) is 4.81. The summed E-state index contributed by atoms with van der Waals surface area (Å²) in [6.07, 6.45) is 1.28. The smallest absolute Gasteiger partial charge is 0.400 e. The number of hydrogen-bond donors (Lipinski definition) is 2. The highest BCUT2D eigenvalue weighted by atomic mass is 16.6. The molecule has 0 saturated heterocycles. The molecule has 10 nitrogen and oxygen atoms in total. The maximum atomic E-state index is 10.5. The van der Waals surface area contributed by atoms with Crippen molar-refractivity contribution in [1.82, 2.24) is 20.2 Å². The number of nitrogens with one attached hydrogen (secondary N) is 2. The van der Waals surface area contributed by atoms with Crippen molar-refractivity contribution < 1.29 is 9.34 Å². The maximum Gasteiger partial charge on any atom is 0.433 e. The van der Waals surface area contributed by atoms with E-state index < -0.39 is 4.92 Å². The Morgan fingerprint density at radius 3 is 2.81 bits per heavy atom. The first-order chi connectivity index (χ1) is 12.7. The number of aromatic amines is 1. The Bertz CT molecular complexity index is 1080. The molecule has 3 heterocycles. The molecule has 10 heteroatoms. The molecule has 0 aliphatic carbocycles. The van der Waals surface area contributed by atoms with Crippen molar-refractivity contribution in [1.29, 1.82) is 0 Å². The number of furan rings is 1. The molecule has 0 aliphatic heterocycles. The third-order valence-corrected chi connectivity index (χ3v) is 3.27. The van der Waals surface area contributed by atoms with Gasteiger partial charge in [-0.05, 0) is 12.1 Å². The van der Waals surface area contributed by atoms with Crippen LogP contribution in [0.1, 0.15) is 19.6 Å². The van der Waals surface area contributed by atoms with Gasteiger partial charge in [-0.15, -0.1) is 10.2 Å². The number of nitro groups is 1. The van der Waals surface area contributed by atoms with E-state index in [1.165, 1.54) is 18.3 Å². The van der Waals surface area contributed by atoms with E-state index in [1.54, 1.807) is 0 Å². The summed E-state index contributed by atoms with van der Waals surface area (Å²) in [7, 11) is 0. The second kappa shape index (κ2) is 7.38. The minimum atomic E-state index is -0.623. The van der Waals surface area contributed by atoms with Crippen molar-refractivity contribution in [3.05, 3.63) is 52.3 Å². The van der Waals surface area contributed by atoms with Crippen molar-refractivity contribution in [3.63, 3.8) is 0 Å². The summed E-state index contributed by atoms with van der Waals surface area (Å²) < 4.78 is 4.94. The first-order valence-electron chi connectivity index (χ1n) is 7.85. The Balaban J connectivity index is 0.000000948. The van der Waals surface area contributed by atoms with Gasteiger partial charge in [-0.2, -0.15) is 10.1 Å². The fraction of sp³-hybridized carbons (Fsp3) is 0.125. The fourth-order valence-corrected chi connectivity index (χ4v) is 2.23. The molecular formula is C16H15N7O3. The maximum absolute atomic E-state index is 10.5. The number of aromatic nitrogens is 4. The van der Waals surface area contributed by atoms with Crippen LogP contribution in [0.2, 0.25) is 0 Å². The summed E-state index contributed by atoms with van der Waals surface area (Å²) in [6.45, 7) is 4.00. The second-order valence-corrected chi connectivity index (χ2v) is 4.81. The van der Waals surface area contributed by atoms with E-state index >= 15 is 0 Å². The molecule has 0 aliphatic rings. The summed E-state index contributed by atoms with van der Waals surface area (Å²) in [5.74, 6) is 0.0640.